The second-order valence-corrected chi connectivity index (χ2v) is 14.4. The monoisotopic (exact) mass is 617 g/mol. The molecule has 8 nitrogen and oxygen atoms in total. The van der Waals surface area contributed by atoms with Crippen molar-refractivity contribution in [2.45, 2.75) is 89.3 Å². The van der Waals surface area contributed by atoms with Gasteiger partial charge in [0.1, 0.15) is 10.2 Å². The molecule has 2 saturated carbocycles. The fourth-order valence-corrected chi connectivity index (χ4v) is 8.31. The Morgan fingerprint density at radius 1 is 1.07 bits per heavy atom. The van der Waals surface area contributed by atoms with Crippen LogP contribution < -0.4 is 4.90 Å². The van der Waals surface area contributed by atoms with Crippen LogP contribution in [0.3, 0.4) is 0 Å². The minimum absolute atomic E-state index is 0.0598. The molecule has 2 unspecified atom stereocenters. The number of carbonyl (C=O) groups excluding carboxylic acids is 2. The number of hydrogen-bond donors (Lipinski definition) is 0. The van der Waals surface area contributed by atoms with Gasteiger partial charge in [0.2, 0.25) is 5.91 Å². The molecule has 1 aromatic carbocycles. The fourth-order valence-electron chi connectivity index (χ4n) is 6.68. The Balaban J connectivity index is 1.50. The summed E-state index contributed by atoms with van der Waals surface area (Å²) >= 11 is 1.34. The van der Waals surface area contributed by atoms with Crippen LogP contribution in [-0.2, 0) is 33.6 Å². The van der Waals surface area contributed by atoms with E-state index in [1.165, 1.54) is 18.4 Å². The summed E-state index contributed by atoms with van der Waals surface area (Å²) in [6, 6.07) is 9.71. The minimum Gasteiger partial charge on any atom is -0.465 e. The van der Waals surface area contributed by atoms with Gasteiger partial charge < -0.3 is 28.4 Å². The van der Waals surface area contributed by atoms with Gasteiger partial charge in [-0.1, -0.05) is 31.2 Å². The average Bonchev–Trinajstić information content (AvgIpc) is 3.66. The summed E-state index contributed by atoms with van der Waals surface area (Å²) in [5, 5.41) is -0.823. The molecular weight excluding hydrogens is 573 g/mol. The topological polar surface area (TPSA) is 91.4 Å². The molecule has 10 heteroatoms. The summed E-state index contributed by atoms with van der Waals surface area (Å²) in [7, 11) is 0.201. The van der Waals surface area contributed by atoms with Gasteiger partial charge >= 0.3 is 5.97 Å². The Morgan fingerprint density at radius 2 is 1.71 bits per heavy atom. The molecule has 42 heavy (non-hydrogen) atoms. The molecule has 2 aromatic rings. The van der Waals surface area contributed by atoms with Crippen molar-refractivity contribution in [1.29, 1.82) is 0 Å². The van der Waals surface area contributed by atoms with Crippen molar-refractivity contribution in [3.63, 3.8) is 0 Å². The first-order chi connectivity index (χ1) is 20.2. The Hall–Kier alpha value is -2.03. The maximum atomic E-state index is 14.4. The zero-order valence-electron chi connectivity index (χ0n) is 25.2. The third kappa shape index (κ3) is 6.41. The normalized spacial score (nSPS) is 24.2. The lowest BCUT2D eigenvalue weighted by Gasteiger charge is -2.42. The third-order valence-corrected chi connectivity index (χ3v) is 11.4. The van der Waals surface area contributed by atoms with Crippen molar-refractivity contribution >= 4 is 37.4 Å². The molecule has 3 aliphatic rings. The predicted molar refractivity (Wildman–Crippen MR) is 166 cm³/mol. The molecule has 1 aliphatic heterocycles. The first-order valence-electron chi connectivity index (χ1n) is 15.3. The van der Waals surface area contributed by atoms with E-state index in [1.54, 1.807) is 0 Å². The highest BCUT2D eigenvalue weighted by Crippen LogP contribution is 2.45. The van der Waals surface area contributed by atoms with Gasteiger partial charge in [0.05, 0.1) is 34.5 Å². The molecule has 0 radical (unpaired) electrons. The van der Waals surface area contributed by atoms with E-state index in [4.69, 9.17) is 18.9 Å². The quantitative estimate of drug-likeness (QED) is 0.221. The van der Waals surface area contributed by atoms with Crippen LogP contribution in [0.25, 0.3) is 10.4 Å². The van der Waals surface area contributed by atoms with Crippen LogP contribution in [0.4, 0.5) is 5.69 Å². The van der Waals surface area contributed by atoms with Gasteiger partial charge in [-0.25, -0.2) is 4.79 Å². The second-order valence-electron chi connectivity index (χ2n) is 12.1. The van der Waals surface area contributed by atoms with Crippen LogP contribution in [0.2, 0.25) is 0 Å². The highest BCUT2D eigenvalue weighted by Gasteiger charge is 2.44. The van der Waals surface area contributed by atoms with E-state index in [0.29, 0.717) is 36.3 Å². The maximum Gasteiger partial charge on any atom is 0.350 e. The molecule has 2 aliphatic carbocycles. The van der Waals surface area contributed by atoms with Crippen LogP contribution in [-0.4, -0.2) is 50.6 Å². The molecular formula is C32H44NO7PS. The molecule has 2 atom stereocenters. The number of ether oxygens (including phenoxy) is 4. The Labute approximate surface area is 254 Å². The number of methoxy groups -OCH3 is 1. The highest BCUT2D eigenvalue weighted by molar-refractivity contribution is 7.25. The van der Waals surface area contributed by atoms with E-state index in [2.05, 4.69) is 6.92 Å². The number of benzene rings is 1. The molecule has 1 amide bonds. The third-order valence-electron chi connectivity index (χ3n) is 9.25. The number of amides is 1. The Bertz CT molecular complexity index is 1260. The van der Waals surface area contributed by atoms with Crippen molar-refractivity contribution in [2.24, 2.45) is 11.8 Å². The fraction of sp³-hybridized carbons (Fsp3) is 0.625. The van der Waals surface area contributed by atoms with E-state index in [0.717, 1.165) is 67.4 Å². The molecule has 1 aromatic heterocycles. The number of anilines is 1. The number of hydrogen-bond acceptors (Lipinski definition) is 8. The summed E-state index contributed by atoms with van der Waals surface area (Å²) in [5.74, 6) is -0.314. The van der Waals surface area contributed by atoms with Gasteiger partial charge in [-0.2, -0.15) is 0 Å². The first kappa shape index (κ1) is 31.4. The summed E-state index contributed by atoms with van der Waals surface area (Å²) in [6.07, 6.45) is 6.72. The van der Waals surface area contributed by atoms with Crippen molar-refractivity contribution < 1.29 is 33.1 Å². The Morgan fingerprint density at radius 3 is 2.29 bits per heavy atom. The van der Waals surface area contributed by atoms with Gasteiger partial charge in [0, 0.05) is 36.3 Å². The lowest BCUT2D eigenvalue weighted by atomic mass is 9.81. The van der Waals surface area contributed by atoms with Crippen LogP contribution >= 0.6 is 19.8 Å². The summed E-state index contributed by atoms with van der Waals surface area (Å²) in [6.45, 7) is 7.66. The Kier molecular flexibility index (Phi) is 9.95. The van der Waals surface area contributed by atoms with E-state index in [1.807, 2.05) is 49.1 Å². The van der Waals surface area contributed by atoms with Crippen LogP contribution in [0.15, 0.2) is 30.3 Å². The molecule has 0 N–H and O–H groups in total. The van der Waals surface area contributed by atoms with Gasteiger partial charge in [-0.05, 0) is 75.5 Å². The average molecular weight is 618 g/mol. The zero-order valence-corrected chi connectivity index (χ0v) is 27.2. The smallest absolute Gasteiger partial charge is 0.350 e. The standard InChI is InChI=1S/C32H44NO7PS/c1-5-38-31(3,41-36)24-12-10-22(11-13-24)27-20-26(28(42-27)30(35)37-4)33(29(34)23-8-6-21(2)7-9-23)25-14-16-32(17-15-25)39-18-19-40-32/h10-13,20-21,23,25H,5-9,14-19,41H2,1-4H3. The van der Waals surface area contributed by atoms with Crippen LogP contribution in [0.1, 0.15) is 87.4 Å². The molecule has 230 valence electrons. The van der Waals surface area contributed by atoms with Gasteiger partial charge in [-0.3, -0.25) is 4.79 Å². The largest absolute Gasteiger partial charge is 0.465 e. The van der Waals surface area contributed by atoms with Crippen LogP contribution in [0.5, 0.6) is 0 Å². The summed E-state index contributed by atoms with van der Waals surface area (Å²) < 4.78 is 35.0. The van der Waals surface area contributed by atoms with Crippen molar-refractivity contribution in [3.8, 4) is 10.4 Å². The number of esters is 1. The molecule has 1 spiro atoms. The van der Waals surface area contributed by atoms with Crippen LogP contribution in [0, 0.1) is 11.8 Å². The molecule has 1 saturated heterocycles. The van der Waals surface area contributed by atoms with Gasteiger partial charge in [-0.15, -0.1) is 11.3 Å². The number of nitrogens with zero attached hydrogens (tertiary/aromatic N) is 1. The lowest BCUT2D eigenvalue weighted by Crippen LogP contribution is -2.49. The molecule has 3 fully saturated rings. The van der Waals surface area contributed by atoms with Crippen molar-refractivity contribution in [1.82, 2.24) is 0 Å². The minimum atomic E-state index is -1.18. The number of rotatable bonds is 9. The van der Waals surface area contributed by atoms with E-state index < -0.39 is 25.6 Å². The van der Waals surface area contributed by atoms with E-state index in [9.17, 15) is 14.2 Å². The first-order valence-corrected chi connectivity index (χ1v) is 17.1. The van der Waals surface area contributed by atoms with Crippen molar-refractivity contribution in [2.75, 3.05) is 31.8 Å². The summed E-state index contributed by atoms with van der Waals surface area (Å²) in [4.78, 5) is 30.8. The lowest BCUT2D eigenvalue weighted by molar-refractivity contribution is -0.179. The number of thiophene rings is 1. The van der Waals surface area contributed by atoms with Gasteiger partial charge in [0.25, 0.3) is 0 Å². The van der Waals surface area contributed by atoms with Crippen molar-refractivity contribution in [3.05, 3.63) is 40.8 Å². The zero-order chi connectivity index (χ0) is 29.9. The van der Waals surface area contributed by atoms with Gasteiger partial charge in [0.15, 0.2) is 5.79 Å². The molecule has 2 heterocycles. The second kappa shape index (κ2) is 13.3. The molecule has 5 rings (SSSR count). The number of carbonyl (C=O) groups is 2. The highest BCUT2D eigenvalue weighted by atomic mass is 32.1. The maximum absolute atomic E-state index is 14.4. The van der Waals surface area contributed by atoms with E-state index in [-0.39, 0.29) is 17.9 Å². The SMILES string of the molecule is CCOC(C)([PH2]=O)c1ccc(-c2cc(N(C(=O)C3CCC(C)CC3)C3CCC4(CC3)OCCO4)c(C(=O)OC)s2)cc1. The molecule has 0 bridgehead atoms. The van der Waals surface area contributed by atoms with E-state index >= 15 is 0 Å². The summed E-state index contributed by atoms with van der Waals surface area (Å²) in [5.41, 5.74) is 2.39. The predicted octanol–water partition coefficient (Wildman–Crippen LogP) is 7.01.